The molecule has 2 atom stereocenters. The molecule has 8 nitrogen and oxygen atoms in total. The molecule has 156 valence electrons. The van der Waals surface area contributed by atoms with E-state index in [0.29, 0.717) is 23.9 Å². The number of aryl methyl sites for hydroxylation is 1. The first kappa shape index (κ1) is 20.2. The summed E-state index contributed by atoms with van der Waals surface area (Å²) in [7, 11) is 0. The molecule has 2 aliphatic heterocycles. The van der Waals surface area contributed by atoms with E-state index in [9.17, 15) is 14.4 Å². The number of nitrogens with zero attached hydrogens (tertiary/aromatic N) is 3. The highest BCUT2D eigenvalue weighted by molar-refractivity contribution is 7.20. The van der Waals surface area contributed by atoms with E-state index >= 15 is 0 Å². The van der Waals surface area contributed by atoms with Gasteiger partial charge in [0.05, 0.1) is 16.6 Å². The zero-order valence-electron chi connectivity index (χ0n) is 16.1. The second-order valence-corrected chi connectivity index (χ2v) is 9.05. The number of urea groups is 1. The first-order chi connectivity index (χ1) is 13.5. The van der Waals surface area contributed by atoms with E-state index in [2.05, 4.69) is 15.3 Å². The first-order valence-electron chi connectivity index (χ1n) is 9.92. The maximum absolute atomic E-state index is 12.8. The minimum Gasteiger partial charge on any atom is -0.347 e. The summed E-state index contributed by atoms with van der Waals surface area (Å²) in [5, 5.41) is 11.1. The van der Waals surface area contributed by atoms with Crippen LogP contribution in [0.4, 0.5) is 4.79 Å². The van der Waals surface area contributed by atoms with Gasteiger partial charge in [0.1, 0.15) is 10.9 Å². The molecule has 2 aromatic rings. The second kappa shape index (κ2) is 7.60. The van der Waals surface area contributed by atoms with Gasteiger partial charge >= 0.3 is 6.03 Å². The van der Waals surface area contributed by atoms with Crippen molar-refractivity contribution in [3.05, 3.63) is 16.6 Å². The summed E-state index contributed by atoms with van der Waals surface area (Å²) in [6, 6.07) is 1.32. The third kappa shape index (κ3) is 3.40. The van der Waals surface area contributed by atoms with Gasteiger partial charge in [-0.15, -0.1) is 23.7 Å². The molecular weight excluding hydrogens is 414 g/mol. The number of aromatic nitrogens is 2. The molecule has 3 aliphatic rings. The van der Waals surface area contributed by atoms with Gasteiger partial charge in [0.2, 0.25) is 0 Å². The second-order valence-electron chi connectivity index (χ2n) is 8.02. The number of halogens is 1. The summed E-state index contributed by atoms with van der Waals surface area (Å²) in [4.78, 5) is 39.6. The Morgan fingerprint density at radius 1 is 1.28 bits per heavy atom. The fourth-order valence-electron chi connectivity index (χ4n) is 4.69. The topological polar surface area (TPSA) is 96.3 Å². The average molecular weight is 438 g/mol. The lowest BCUT2D eigenvalue weighted by Crippen LogP contribution is -2.39. The third-order valence-electron chi connectivity index (χ3n) is 6.14. The van der Waals surface area contributed by atoms with Crippen LogP contribution in [0.5, 0.6) is 0 Å². The smallest absolute Gasteiger partial charge is 0.324 e. The van der Waals surface area contributed by atoms with Gasteiger partial charge in [0, 0.05) is 18.0 Å². The Labute approximate surface area is 178 Å². The van der Waals surface area contributed by atoms with Crippen molar-refractivity contribution in [2.75, 3.05) is 6.54 Å². The maximum atomic E-state index is 12.8. The van der Waals surface area contributed by atoms with Gasteiger partial charge in [-0.25, -0.2) is 4.79 Å². The van der Waals surface area contributed by atoms with Crippen molar-refractivity contribution >= 4 is 51.8 Å². The monoisotopic (exact) mass is 437 g/mol. The normalized spacial score (nSPS) is 24.5. The van der Waals surface area contributed by atoms with E-state index < -0.39 is 6.04 Å². The molecule has 0 aromatic carbocycles. The van der Waals surface area contributed by atoms with Crippen molar-refractivity contribution in [1.82, 2.24) is 25.3 Å². The molecule has 2 saturated heterocycles. The van der Waals surface area contributed by atoms with Gasteiger partial charge in [-0.1, -0.05) is 19.3 Å². The van der Waals surface area contributed by atoms with Gasteiger partial charge < -0.3 is 10.2 Å². The number of carbonyl (C=O) groups is 3. The van der Waals surface area contributed by atoms with Crippen LogP contribution in [-0.2, 0) is 4.79 Å². The third-order valence-corrected chi connectivity index (χ3v) is 7.27. The number of hydrogen-bond acceptors (Lipinski definition) is 5. The molecule has 4 amide bonds. The van der Waals surface area contributed by atoms with E-state index in [-0.39, 0.29) is 36.3 Å². The van der Waals surface area contributed by atoms with Crippen LogP contribution < -0.4 is 10.6 Å². The molecular formula is C19H24ClN5O3S. The Balaban J connectivity index is 0.00000205. The summed E-state index contributed by atoms with van der Waals surface area (Å²) >= 11 is 1.48. The SMILES string of the molecule is Cc1nn(C2CCCCC2)c2sc(C(=O)N[C@H]3C[C@H]4C(=O)NC(=O)N4C3)cc12.Cl. The molecule has 4 heterocycles. The van der Waals surface area contributed by atoms with Crippen molar-refractivity contribution in [3.63, 3.8) is 0 Å². The summed E-state index contributed by atoms with van der Waals surface area (Å²) < 4.78 is 2.12. The molecule has 0 radical (unpaired) electrons. The molecule has 1 saturated carbocycles. The molecule has 2 N–H and O–H groups in total. The van der Waals surface area contributed by atoms with Gasteiger partial charge in [-0.05, 0) is 32.3 Å². The zero-order chi connectivity index (χ0) is 19.4. The Morgan fingerprint density at radius 3 is 2.76 bits per heavy atom. The van der Waals surface area contributed by atoms with E-state index in [4.69, 9.17) is 5.10 Å². The van der Waals surface area contributed by atoms with Crippen molar-refractivity contribution in [2.45, 2.75) is 63.6 Å². The largest absolute Gasteiger partial charge is 0.347 e. The minimum atomic E-state index is -0.456. The Bertz CT molecular complexity index is 958. The van der Waals surface area contributed by atoms with E-state index in [0.717, 1.165) is 28.8 Å². The van der Waals surface area contributed by atoms with E-state index in [1.807, 2.05) is 13.0 Å². The fourth-order valence-corrected chi connectivity index (χ4v) is 5.82. The highest BCUT2D eigenvalue weighted by Crippen LogP contribution is 2.35. The Hall–Kier alpha value is -2.13. The van der Waals surface area contributed by atoms with Crippen LogP contribution in [0, 0.1) is 6.92 Å². The Morgan fingerprint density at radius 2 is 2.03 bits per heavy atom. The zero-order valence-corrected chi connectivity index (χ0v) is 17.8. The van der Waals surface area contributed by atoms with Crippen molar-refractivity contribution in [2.24, 2.45) is 0 Å². The molecule has 10 heteroatoms. The number of hydrogen-bond donors (Lipinski definition) is 2. The molecule has 0 bridgehead atoms. The lowest BCUT2D eigenvalue weighted by molar-refractivity contribution is -0.121. The maximum Gasteiger partial charge on any atom is 0.324 e. The number of rotatable bonds is 3. The fraction of sp³-hybridized carbons (Fsp3) is 0.579. The summed E-state index contributed by atoms with van der Waals surface area (Å²) in [5.74, 6) is -0.415. The van der Waals surface area contributed by atoms with Gasteiger partial charge in [-0.3, -0.25) is 19.6 Å². The summed E-state index contributed by atoms with van der Waals surface area (Å²) in [5.41, 5.74) is 0.958. The van der Waals surface area contributed by atoms with Crippen LogP contribution in [-0.4, -0.2) is 51.2 Å². The Kier molecular flexibility index (Phi) is 5.29. The van der Waals surface area contributed by atoms with Crippen molar-refractivity contribution in [3.8, 4) is 0 Å². The van der Waals surface area contributed by atoms with Crippen LogP contribution in [0.3, 0.4) is 0 Å². The number of carbonyl (C=O) groups excluding carboxylic acids is 3. The molecule has 0 spiro atoms. The molecule has 3 fully saturated rings. The molecule has 29 heavy (non-hydrogen) atoms. The van der Waals surface area contributed by atoms with Gasteiger partial charge in [-0.2, -0.15) is 5.10 Å². The summed E-state index contributed by atoms with van der Waals surface area (Å²) in [6.45, 7) is 2.36. The van der Waals surface area contributed by atoms with Gasteiger partial charge in [0.15, 0.2) is 0 Å². The number of amides is 4. The van der Waals surface area contributed by atoms with Crippen LogP contribution in [0.1, 0.15) is 59.9 Å². The number of fused-ring (bicyclic) bond motifs is 2. The quantitative estimate of drug-likeness (QED) is 0.721. The molecule has 1 aliphatic carbocycles. The average Bonchev–Trinajstić information content (AvgIpc) is 3.41. The predicted molar refractivity (Wildman–Crippen MR) is 112 cm³/mol. The van der Waals surface area contributed by atoms with Crippen molar-refractivity contribution in [1.29, 1.82) is 0 Å². The molecule has 0 unspecified atom stereocenters. The van der Waals surface area contributed by atoms with Crippen LogP contribution in [0.2, 0.25) is 0 Å². The lowest BCUT2D eigenvalue weighted by atomic mass is 9.96. The van der Waals surface area contributed by atoms with Crippen LogP contribution >= 0.6 is 23.7 Å². The first-order valence-corrected chi connectivity index (χ1v) is 10.7. The number of thiophene rings is 1. The summed E-state index contributed by atoms with van der Waals surface area (Å²) in [6.07, 6.45) is 6.50. The minimum absolute atomic E-state index is 0. The number of imide groups is 1. The highest BCUT2D eigenvalue weighted by atomic mass is 35.5. The lowest BCUT2D eigenvalue weighted by Gasteiger charge is -2.22. The van der Waals surface area contributed by atoms with E-state index in [1.54, 1.807) is 0 Å². The van der Waals surface area contributed by atoms with Crippen molar-refractivity contribution < 1.29 is 14.4 Å². The predicted octanol–water partition coefficient (Wildman–Crippen LogP) is 2.76. The molecule has 2 aromatic heterocycles. The van der Waals surface area contributed by atoms with Crippen LogP contribution in [0.15, 0.2) is 6.07 Å². The standard InChI is InChI=1S/C19H23N5O3S.ClH/c1-10-13-8-15(28-18(13)24(22-10)12-5-3-2-4-6-12)17(26)20-11-7-14-16(25)21-19(27)23(14)9-11;/h8,11-12,14H,2-7,9H2,1H3,(H,20,26)(H,21,25,27);1H/t11-,14-;/m0./s1. The highest BCUT2D eigenvalue weighted by Gasteiger charge is 2.46. The molecule has 5 rings (SSSR count). The van der Waals surface area contributed by atoms with E-state index in [1.165, 1.54) is 35.5 Å². The van der Waals surface area contributed by atoms with Crippen LogP contribution in [0.25, 0.3) is 10.2 Å². The number of nitrogens with one attached hydrogen (secondary N) is 2. The van der Waals surface area contributed by atoms with Gasteiger partial charge in [0.25, 0.3) is 11.8 Å².